The largest absolute Gasteiger partial charge is 0.289 e. The Labute approximate surface area is 87.8 Å². The van der Waals surface area contributed by atoms with E-state index in [-0.39, 0.29) is 5.78 Å². The summed E-state index contributed by atoms with van der Waals surface area (Å²) in [6.07, 6.45) is 1.53. The van der Waals surface area contributed by atoms with Gasteiger partial charge in [-0.05, 0) is 13.0 Å². The van der Waals surface area contributed by atoms with Crippen LogP contribution < -0.4 is 0 Å². The molecule has 1 aromatic carbocycles. The average Bonchev–Trinajstić information content (AvgIpc) is 2.30. The van der Waals surface area contributed by atoms with Crippen molar-refractivity contribution in [3.8, 4) is 0 Å². The highest BCUT2D eigenvalue weighted by Gasteiger charge is 2.11. The normalized spacial score (nSPS) is 9.93. The average molecular weight is 198 g/mol. The van der Waals surface area contributed by atoms with Crippen LogP contribution in [0.1, 0.15) is 21.6 Å². The second-order valence-electron chi connectivity index (χ2n) is 3.23. The molecule has 15 heavy (non-hydrogen) atoms. The number of carbonyl (C=O) groups excluding carboxylic acids is 1. The molecule has 0 aliphatic rings. The zero-order valence-corrected chi connectivity index (χ0v) is 8.34. The molecular formula is C12H10N2O. The van der Waals surface area contributed by atoms with Crippen LogP contribution in [0.3, 0.4) is 0 Å². The molecule has 1 heterocycles. The predicted molar refractivity (Wildman–Crippen MR) is 56.6 cm³/mol. The summed E-state index contributed by atoms with van der Waals surface area (Å²) >= 11 is 0. The van der Waals surface area contributed by atoms with Gasteiger partial charge in [-0.25, -0.2) is 0 Å². The Kier molecular flexibility index (Phi) is 2.54. The van der Waals surface area contributed by atoms with Gasteiger partial charge in [0.15, 0.2) is 5.78 Å². The fraction of sp³-hybridized carbons (Fsp3) is 0.0833. The Morgan fingerprint density at radius 3 is 2.53 bits per heavy atom. The maximum atomic E-state index is 12.0. The van der Waals surface area contributed by atoms with Crippen molar-refractivity contribution in [3.63, 3.8) is 0 Å². The molecule has 3 heteroatoms. The van der Waals surface area contributed by atoms with Gasteiger partial charge in [-0.2, -0.15) is 10.2 Å². The minimum Gasteiger partial charge on any atom is -0.289 e. The Morgan fingerprint density at radius 2 is 1.87 bits per heavy atom. The summed E-state index contributed by atoms with van der Waals surface area (Å²) in [5, 5.41) is 7.57. The molecule has 3 nitrogen and oxygen atoms in total. The topological polar surface area (TPSA) is 42.9 Å². The molecule has 1 aromatic heterocycles. The van der Waals surface area contributed by atoms with Gasteiger partial charge in [-0.1, -0.05) is 30.3 Å². The van der Waals surface area contributed by atoms with Crippen LogP contribution in [0.2, 0.25) is 0 Å². The number of rotatable bonds is 2. The van der Waals surface area contributed by atoms with Crippen molar-refractivity contribution in [2.24, 2.45) is 0 Å². The van der Waals surface area contributed by atoms with Gasteiger partial charge in [0.25, 0.3) is 0 Å². The lowest BCUT2D eigenvalue weighted by Crippen LogP contribution is -2.05. The van der Waals surface area contributed by atoms with Crippen molar-refractivity contribution in [3.05, 3.63) is 59.4 Å². The first-order valence-electron chi connectivity index (χ1n) is 4.67. The number of aromatic nitrogens is 2. The summed E-state index contributed by atoms with van der Waals surface area (Å²) in [7, 11) is 0. The first-order valence-corrected chi connectivity index (χ1v) is 4.67. The molecule has 0 amide bonds. The van der Waals surface area contributed by atoms with Gasteiger partial charge in [0.2, 0.25) is 0 Å². The fourth-order valence-corrected chi connectivity index (χ4v) is 1.39. The Hall–Kier alpha value is -2.03. The summed E-state index contributed by atoms with van der Waals surface area (Å²) < 4.78 is 0. The van der Waals surface area contributed by atoms with Crippen LogP contribution in [0.15, 0.2) is 42.6 Å². The quantitative estimate of drug-likeness (QED) is 0.693. The van der Waals surface area contributed by atoms with E-state index in [1.165, 1.54) is 6.20 Å². The van der Waals surface area contributed by atoms with E-state index < -0.39 is 0 Å². The lowest BCUT2D eigenvalue weighted by atomic mass is 10.0. The lowest BCUT2D eigenvalue weighted by Gasteiger charge is -2.02. The second kappa shape index (κ2) is 4.00. The van der Waals surface area contributed by atoms with Crippen molar-refractivity contribution in [2.45, 2.75) is 6.92 Å². The number of nitrogens with zero attached hydrogens (tertiary/aromatic N) is 2. The van der Waals surface area contributed by atoms with Gasteiger partial charge in [0, 0.05) is 11.1 Å². The van der Waals surface area contributed by atoms with Crippen LogP contribution in [-0.4, -0.2) is 16.0 Å². The zero-order chi connectivity index (χ0) is 10.7. The van der Waals surface area contributed by atoms with E-state index >= 15 is 0 Å². The molecule has 0 N–H and O–H groups in total. The highest BCUT2D eigenvalue weighted by Crippen LogP contribution is 2.10. The minimum absolute atomic E-state index is 0.0111. The van der Waals surface area contributed by atoms with Gasteiger partial charge in [0.1, 0.15) is 0 Å². The molecule has 0 saturated carbocycles. The Morgan fingerprint density at radius 1 is 1.13 bits per heavy atom. The van der Waals surface area contributed by atoms with Crippen LogP contribution in [-0.2, 0) is 0 Å². The lowest BCUT2D eigenvalue weighted by molar-refractivity contribution is 0.103. The van der Waals surface area contributed by atoms with Gasteiger partial charge < -0.3 is 0 Å². The summed E-state index contributed by atoms with van der Waals surface area (Å²) in [6.45, 7) is 1.78. The summed E-state index contributed by atoms with van der Waals surface area (Å²) in [5.41, 5.74) is 1.94. The number of benzene rings is 1. The van der Waals surface area contributed by atoms with Crippen LogP contribution in [0.4, 0.5) is 0 Å². The third kappa shape index (κ3) is 1.91. The van der Waals surface area contributed by atoms with E-state index in [4.69, 9.17) is 0 Å². The van der Waals surface area contributed by atoms with E-state index in [9.17, 15) is 4.79 Å². The van der Waals surface area contributed by atoms with Gasteiger partial charge >= 0.3 is 0 Å². The van der Waals surface area contributed by atoms with Crippen molar-refractivity contribution < 1.29 is 4.79 Å². The van der Waals surface area contributed by atoms with E-state index in [1.54, 1.807) is 25.1 Å². The van der Waals surface area contributed by atoms with Crippen molar-refractivity contribution >= 4 is 5.78 Å². The maximum Gasteiger partial charge on any atom is 0.194 e. The molecule has 0 bridgehead atoms. The predicted octanol–water partition coefficient (Wildman–Crippen LogP) is 2.02. The number of ketones is 1. The van der Waals surface area contributed by atoms with Crippen molar-refractivity contribution in [2.75, 3.05) is 0 Å². The SMILES string of the molecule is Cc1nnccc1C(=O)c1ccccc1. The van der Waals surface area contributed by atoms with Crippen LogP contribution in [0.5, 0.6) is 0 Å². The summed E-state index contributed by atoms with van der Waals surface area (Å²) in [5.74, 6) is -0.0111. The van der Waals surface area contributed by atoms with Crippen LogP contribution >= 0.6 is 0 Å². The van der Waals surface area contributed by atoms with Gasteiger partial charge in [-0.3, -0.25) is 4.79 Å². The van der Waals surface area contributed by atoms with Gasteiger partial charge in [0.05, 0.1) is 11.9 Å². The smallest absolute Gasteiger partial charge is 0.194 e. The first kappa shape index (κ1) is 9.52. The first-order chi connectivity index (χ1) is 7.29. The second-order valence-corrected chi connectivity index (χ2v) is 3.23. The molecule has 0 fully saturated rings. The molecule has 0 atom stereocenters. The molecule has 0 saturated heterocycles. The molecule has 2 rings (SSSR count). The van der Waals surface area contributed by atoms with E-state index in [0.717, 1.165) is 0 Å². The third-order valence-electron chi connectivity index (χ3n) is 2.19. The molecule has 0 spiro atoms. The number of hydrogen-bond donors (Lipinski definition) is 0. The number of aryl methyl sites for hydroxylation is 1. The standard InChI is InChI=1S/C12H10N2O/c1-9-11(7-8-13-14-9)12(15)10-5-3-2-4-6-10/h2-8H,1H3. The monoisotopic (exact) mass is 198 g/mol. The highest BCUT2D eigenvalue weighted by atomic mass is 16.1. The van der Waals surface area contributed by atoms with Crippen LogP contribution in [0.25, 0.3) is 0 Å². The molecule has 2 aromatic rings. The number of carbonyl (C=O) groups is 1. The molecule has 0 aliphatic carbocycles. The van der Waals surface area contributed by atoms with E-state index in [0.29, 0.717) is 16.8 Å². The zero-order valence-electron chi connectivity index (χ0n) is 8.34. The molecule has 0 aliphatic heterocycles. The van der Waals surface area contributed by atoms with Crippen molar-refractivity contribution in [1.82, 2.24) is 10.2 Å². The Balaban J connectivity index is 2.42. The van der Waals surface area contributed by atoms with Gasteiger partial charge in [-0.15, -0.1) is 0 Å². The van der Waals surface area contributed by atoms with E-state index in [1.807, 2.05) is 18.2 Å². The maximum absolute atomic E-state index is 12.0. The summed E-state index contributed by atoms with van der Waals surface area (Å²) in [6, 6.07) is 10.9. The molecular weight excluding hydrogens is 188 g/mol. The van der Waals surface area contributed by atoms with Crippen LogP contribution in [0, 0.1) is 6.92 Å². The van der Waals surface area contributed by atoms with E-state index in [2.05, 4.69) is 10.2 Å². The Bertz CT molecular complexity index is 480. The molecule has 74 valence electrons. The molecule has 0 radical (unpaired) electrons. The summed E-state index contributed by atoms with van der Waals surface area (Å²) in [4.78, 5) is 12.0. The fourth-order valence-electron chi connectivity index (χ4n) is 1.39. The minimum atomic E-state index is -0.0111. The third-order valence-corrected chi connectivity index (χ3v) is 2.19. The molecule has 0 unspecified atom stereocenters. The number of hydrogen-bond acceptors (Lipinski definition) is 3. The van der Waals surface area contributed by atoms with Crippen molar-refractivity contribution in [1.29, 1.82) is 0 Å². The highest BCUT2D eigenvalue weighted by molar-refractivity contribution is 6.09.